The van der Waals surface area contributed by atoms with Gasteiger partial charge >= 0.3 is 5.97 Å². The number of quaternary nitrogens is 2. The molecule has 4 fully saturated rings. The number of benzene rings is 2. The van der Waals surface area contributed by atoms with Crippen molar-refractivity contribution in [1.29, 1.82) is 0 Å². The lowest BCUT2D eigenvalue weighted by molar-refractivity contribution is -1.08. The van der Waals surface area contributed by atoms with Crippen molar-refractivity contribution < 1.29 is 42.3 Å². The van der Waals surface area contributed by atoms with Crippen LogP contribution in [0.2, 0.25) is 0 Å². The molecule has 0 aliphatic carbocycles. The van der Waals surface area contributed by atoms with E-state index in [1.165, 1.54) is 16.1 Å². The van der Waals surface area contributed by atoms with Gasteiger partial charge in [-0.2, -0.15) is 0 Å². The maximum absolute atomic E-state index is 14.0. The van der Waals surface area contributed by atoms with Crippen LogP contribution >= 0.6 is 0 Å². The highest BCUT2D eigenvalue weighted by atomic mass is 32.2. The minimum absolute atomic E-state index is 0.167. The minimum atomic E-state index is -3.96. The average molecular weight is 627 g/mol. The molecular formula is C32H42N4O7S+2. The van der Waals surface area contributed by atoms with Crippen LogP contribution in [0.1, 0.15) is 25.8 Å². The number of nitrogens with zero attached hydrogens (tertiary/aromatic N) is 4. The number of sulfonamides is 1. The lowest BCUT2D eigenvalue weighted by atomic mass is 9.78. The second kappa shape index (κ2) is 10.2. The Bertz CT molecular complexity index is 1680. The number of piperazine rings is 3. The topological polar surface area (TPSA) is 135 Å². The van der Waals surface area contributed by atoms with Gasteiger partial charge in [-0.25, -0.2) is 13.2 Å². The molecule has 11 nitrogen and oxygen atoms in total. The third-order valence-electron chi connectivity index (χ3n) is 11.5. The summed E-state index contributed by atoms with van der Waals surface area (Å²) in [7, 11) is -3.96. The highest BCUT2D eigenvalue weighted by Crippen LogP contribution is 2.50. The monoisotopic (exact) mass is 626 g/mol. The number of hydrogen-bond donors (Lipinski definition) is 3. The summed E-state index contributed by atoms with van der Waals surface area (Å²) in [5, 5.41) is 31.2. The molecule has 2 aromatic rings. The normalized spacial score (nSPS) is 32.4. The lowest BCUT2D eigenvalue weighted by Crippen LogP contribution is -2.75. The van der Waals surface area contributed by atoms with Crippen LogP contribution in [-0.2, 0) is 26.0 Å². The number of amides is 1. The second-order valence-electron chi connectivity index (χ2n) is 13.7. The average Bonchev–Trinajstić information content (AvgIpc) is 3.38. The number of β-lactam (4-membered cyclic amide) rings is 1. The van der Waals surface area contributed by atoms with E-state index in [4.69, 9.17) is 0 Å². The van der Waals surface area contributed by atoms with Gasteiger partial charge in [0.15, 0.2) is 0 Å². The van der Waals surface area contributed by atoms with E-state index in [0.717, 1.165) is 85.1 Å². The maximum atomic E-state index is 14.0. The smallest absolute Gasteiger partial charge is 0.352 e. The Kier molecular flexibility index (Phi) is 6.91. The van der Waals surface area contributed by atoms with Crippen molar-refractivity contribution in [2.24, 2.45) is 11.8 Å². The Morgan fingerprint density at radius 1 is 1.05 bits per heavy atom. The van der Waals surface area contributed by atoms with Gasteiger partial charge in [0.1, 0.15) is 45.0 Å². The molecule has 44 heavy (non-hydrogen) atoms. The molecule has 236 valence electrons. The highest BCUT2D eigenvalue weighted by Gasteiger charge is 2.60. The van der Waals surface area contributed by atoms with Crippen LogP contribution in [-0.4, -0.2) is 127 Å². The number of carbonyl (C=O) groups is 2. The van der Waals surface area contributed by atoms with E-state index >= 15 is 0 Å². The van der Waals surface area contributed by atoms with Crippen molar-refractivity contribution in [1.82, 2.24) is 4.90 Å². The second-order valence-corrected chi connectivity index (χ2v) is 15.5. The molecule has 6 aliphatic rings. The Morgan fingerprint density at radius 3 is 2.32 bits per heavy atom. The van der Waals surface area contributed by atoms with Gasteiger partial charge in [0, 0.05) is 30.8 Å². The van der Waals surface area contributed by atoms with E-state index in [9.17, 15) is 33.3 Å². The molecule has 0 unspecified atom stereocenters. The first kappa shape index (κ1) is 29.7. The van der Waals surface area contributed by atoms with Crippen LogP contribution in [0, 0.1) is 11.8 Å². The van der Waals surface area contributed by atoms with Crippen molar-refractivity contribution in [2.45, 2.75) is 43.7 Å². The molecular weight excluding hydrogens is 584 g/mol. The fourth-order valence-electron chi connectivity index (χ4n) is 8.86. The Morgan fingerprint density at radius 2 is 1.70 bits per heavy atom. The molecule has 2 bridgehead atoms. The zero-order chi connectivity index (χ0) is 31.2. The van der Waals surface area contributed by atoms with E-state index in [2.05, 4.69) is 0 Å². The zero-order valence-electron chi connectivity index (χ0n) is 25.4. The summed E-state index contributed by atoms with van der Waals surface area (Å²) in [5.41, 5.74) is 1.86. The van der Waals surface area contributed by atoms with Gasteiger partial charge in [0.05, 0.1) is 48.3 Å². The summed E-state index contributed by atoms with van der Waals surface area (Å²) in [6.07, 6.45) is 0.760. The first-order chi connectivity index (χ1) is 20.9. The van der Waals surface area contributed by atoms with E-state index in [1.54, 1.807) is 12.1 Å². The molecule has 1 amide bonds. The number of carboxylic acid groups (broad SMARTS) is 1. The van der Waals surface area contributed by atoms with E-state index in [1.807, 2.05) is 25.1 Å². The predicted molar refractivity (Wildman–Crippen MR) is 163 cm³/mol. The van der Waals surface area contributed by atoms with Gasteiger partial charge < -0.3 is 29.2 Å². The molecule has 0 aromatic heterocycles. The molecule has 6 heterocycles. The predicted octanol–water partition coefficient (Wildman–Crippen LogP) is 1.13. The number of hydrogen-bond acceptors (Lipinski definition) is 6. The molecule has 6 aliphatic heterocycles. The van der Waals surface area contributed by atoms with E-state index < -0.39 is 45.9 Å². The number of anilines is 1. The Hall–Kier alpha value is -3.03. The SMILES string of the molecule is C[C@@H](O)[C@H]1C(=O)N2C(C(=O)O)=C(CN3c4cccc5c(CC[N+]67CC[N+](CCCO)(CC6)CC7)ccc(c45)S3(=O)=O)[C@H](C)[C@H]12. The lowest BCUT2D eigenvalue weighted by Gasteiger charge is -2.55. The van der Waals surface area contributed by atoms with E-state index in [0.29, 0.717) is 16.6 Å². The fourth-order valence-corrected chi connectivity index (χ4v) is 10.5. The van der Waals surface area contributed by atoms with Gasteiger partial charge in [0.2, 0.25) is 5.91 Å². The van der Waals surface area contributed by atoms with Crippen molar-refractivity contribution >= 4 is 38.4 Å². The van der Waals surface area contributed by atoms with Gasteiger partial charge in [-0.05, 0) is 35.6 Å². The first-order valence-electron chi connectivity index (χ1n) is 15.8. The molecule has 2 aromatic carbocycles. The van der Waals surface area contributed by atoms with Crippen LogP contribution in [0.3, 0.4) is 0 Å². The Balaban J connectivity index is 1.17. The van der Waals surface area contributed by atoms with Crippen LogP contribution in [0.5, 0.6) is 0 Å². The summed E-state index contributed by atoms with van der Waals surface area (Å²) in [5.74, 6) is -2.84. The molecule has 12 heteroatoms. The van der Waals surface area contributed by atoms with Gasteiger partial charge in [-0.1, -0.05) is 25.1 Å². The summed E-state index contributed by atoms with van der Waals surface area (Å²) >= 11 is 0. The largest absolute Gasteiger partial charge is 0.477 e. The molecule has 0 saturated carbocycles. The van der Waals surface area contributed by atoms with Crippen LogP contribution in [0.25, 0.3) is 10.8 Å². The van der Waals surface area contributed by atoms with Crippen molar-refractivity contribution in [3.63, 3.8) is 0 Å². The number of aliphatic hydroxyl groups is 2. The number of carboxylic acids is 1. The number of aliphatic hydroxyl groups excluding tert-OH is 2. The summed E-state index contributed by atoms with van der Waals surface area (Å²) in [6.45, 7) is 12.3. The van der Waals surface area contributed by atoms with E-state index in [-0.39, 0.29) is 23.7 Å². The standard InChI is InChI=1S/C32H41N4O7S/c1-20-24(30(32(40)41)34-29(20)27(21(2)38)31(34)39)19-33-25-6-3-5-23-22(7-8-26(28(23)25)44(33,42)43)9-11-36-15-12-35(13-16-36,14-17-36)10-4-18-37/h3,5-8,20-21,27,29,37-38H,4,9-19H2,1-2H3/q+1/p+1/t20-,21+,27+,29+,35?,36?/m0/s1. The molecule has 8 rings (SSSR count). The summed E-state index contributed by atoms with van der Waals surface area (Å²) in [6, 6.07) is 8.76. The van der Waals surface area contributed by atoms with Crippen molar-refractivity contribution in [2.75, 3.05) is 69.8 Å². The minimum Gasteiger partial charge on any atom is -0.477 e. The van der Waals surface area contributed by atoms with Crippen LogP contribution in [0.15, 0.2) is 46.5 Å². The number of carbonyl (C=O) groups excluding carboxylic acids is 1. The van der Waals surface area contributed by atoms with Crippen LogP contribution < -0.4 is 4.31 Å². The van der Waals surface area contributed by atoms with Crippen molar-refractivity contribution in [3.8, 4) is 0 Å². The quantitative estimate of drug-likeness (QED) is 0.266. The third kappa shape index (κ3) is 4.18. The molecule has 4 atom stereocenters. The molecule has 3 N–H and O–H groups in total. The molecule has 0 spiro atoms. The van der Waals surface area contributed by atoms with Gasteiger partial charge in [-0.3, -0.25) is 9.10 Å². The fraction of sp³-hybridized carbons (Fsp3) is 0.562. The molecule has 0 radical (unpaired) electrons. The first-order valence-corrected chi connectivity index (χ1v) is 17.2. The Labute approximate surface area is 257 Å². The number of rotatable bonds is 10. The highest BCUT2D eigenvalue weighted by molar-refractivity contribution is 7.93. The molecule has 4 saturated heterocycles. The maximum Gasteiger partial charge on any atom is 0.352 e. The van der Waals surface area contributed by atoms with Gasteiger partial charge in [0.25, 0.3) is 10.0 Å². The van der Waals surface area contributed by atoms with Gasteiger partial charge in [-0.15, -0.1) is 0 Å². The summed E-state index contributed by atoms with van der Waals surface area (Å²) < 4.78 is 31.5. The number of aliphatic carboxylic acids is 1. The summed E-state index contributed by atoms with van der Waals surface area (Å²) in [4.78, 5) is 26.7. The van der Waals surface area contributed by atoms with Crippen molar-refractivity contribution in [3.05, 3.63) is 47.2 Å². The zero-order valence-corrected chi connectivity index (χ0v) is 26.2. The third-order valence-corrected chi connectivity index (χ3v) is 13.3. The number of fused-ring (bicyclic) bond motifs is 4. The van der Waals surface area contributed by atoms with Crippen LogP contribution in [0.4, 0.5) is 5.69 Å².